The maximum atomic E-state index is 12.8. The van der Waals surface area contributed by atoms with Gasteiger partial charge in [0.2, 0.25) is 0 Å². The van der Waals surface area contributed by atoms with Crippen molar-refractivity contribution in [1.82, 2.24) is 15.6 Å². The molecular formula is C23H23BrF3N3O5S. The van der Waals surface area contributed by atoms with E-state index in [2.05, 4.69) is 31.5 Å². The monoisotopic (exact) mass is 589 g/mol. The number of carbonyl (C=O) groups excluding carboxylic acids is 2. The average Bonchev–Trinajstić information content (AvgIpc) is 3.13. The number of aliphatic carboxylic acids is 1. The highest BCUT2D eigenvalue weighted by Crippen LogP contribution is 2.41. The zero-order valence-corrected chi connectivity index (χ0v) is 21.2. The number of carboxylic acids is 1. The van der Waals surface area contributed by atoms with Gasteiger partial charge in [-0.15, -0.1) is 0 Å². The van der Waals surface area contributed by atoms with Crippen molar-refractivity contribution in [2.24, 2.45) is 5.41 Å². The van der Waals surface area contributed by atoms with Crippen molar-refractivity contribution in [1.29, 1.82) is 0 Å². The summed E-state index contributed by atoms with van der Waals surface area (Å²) in [7, 11) is 0. The number of carbonyl (C=O) groups is 3. The molecule has 0 radical (unpaired) electrons. The van der Waals surface area contributed by atoms with Gasteiger partial charge < -0.3 is 20.5 Å². The lowest BCUT2D eigenvalue weighted by Crippen LogP contribution is -2.39. The number of carboxylic acid groups (broad SMARTS) is 1. The summed E-state index contributed by atoms with van der Waals surface area (Å²) in [5.41, 5.74) is 0.138. The molecule has 3 N–H and O–H groups in total. The Morgan fingerprint density at radius 2 is 1.86 bits per heavy atom. The molecule has 1 spiro atoms. The lowest BCUT2D eigenvalue weighted by molar-refractivity contribution is -0.192. The number of alkyl halides is 3. The van der Waals surface area contributed by atoms with Crippen molar-refractivity contribution in [2.45, 2.75) is 41.5 Å². The number of aromatic nitrogens is 1. The number of benzene rings is 1. The van der Waals surface area contributed by atoms with Crippen molar-refractivity contribution in [3.8, 4) is 0 Å². The van der Waals surface area contributed by atoms with E-state index < -0.39 is 12.1 Å². The molecule has 3 heterocycles. The summed E-state index contributed by atoms with van der Waals surface area (Å²) in [4.78, 5) is 39.4. The van der Waals surface area contributed by atoms with Gasteiger partial charge in [0.15, 0.2) is 0 Å². The van der Waals surface area contributed by atoms with E-state index in [1.165, 1.54) is 11.8 Å². The molecule has 0 saturated carbocycles. The van der Waals surface area contributed by atoms with Crippen LogP contribution in [0.25, 0.3) is 0 Å². The average molecular weight is 590 g/mol. The molecule has 1 aromatic carbocycles. The molecule has 0 bridgehead atoms. The predicted octanol–water partition coefficient (Wildman–Crippen LogP) is 4.04. The second-order valence-electron chi connectivity index (χ2n) is 8.19. The maximum absolute atomic E-state index is 12.8. The van der Waals surface area contributed by atoms with E-state index in [1.54, 1.807) is 18.3 Å². The fourth-order valence-electron chi connectivity index (χ4n) is 3.83. The first-order chi connectivity index (χ1) is 17.0. The second kappa shape index (κ2) is 12.1. The van der Waals surface area contributed by atoms with E-state index in [4.69, 9.17) is 14.6 Å². The number of ether oxygens (including phenoxy) is 1. The van der Waals surface area contributed by atoms with Gasteiger partial charge in [-0.3, -0.25) is 9.59 Å². The van der Waals surface area contributed by atoms with Gasteiger partial charge in [-0.25, -0.2) is 9.78 Å². The van der Waals surface area contributed by atoms with Crippen molar-refractivity contribution >= 4 is 45.5 Å². The number of piperidine rings is 1. The number of halogens is 4. The first-order valence-electron chi connectivity index (χ1n) is 10.9. The highest BCUT2D eigenvalue weighted by atomic mass is 79.9. The lowest BCUT2D eigenvalue weighted by Gasteiger charge is -2.29. The third kappa shape index (κ3) is 7.43. The summed E-state index contributed by atoms with van der Waals surface area (Å²) in [5.74, 6) is -3.08. The summed E-state index contributed by atoms with van der Waals surface area (Å²) in [5, 5.41) is 14.0. The van der Waals surface area contributed by atoms with Crippen molar-refractivity contribution in [2.75, 3.05) is 19.6 Å². The van der Waals surface area contributed by atoms with E-state index >= 15 is 0 Å². The molecule has 2 aliphatic rings. The molecular weight excluding hydrogens is 567 g/mol. The van der Waals surface area contributed by atoms with E-state index in [1.807, 2.05) is 24.3 Å². The number of cyclic esters (lactones) is 1. The molecule has 1 unspecified atom stereocenters. The van der Waals surface area contributed by atoms with Crippen LogP contribution < -0.4 is 10.6 Å². The normalized spacial score (nSPS) is 18.7. The van der Waals surface area contributed by atoms with Gasteiger partial charge in [0.1, 0.15) is 11.1 Å². The Labute approximate surface area is 217 Å². The van der Waals surface area contributed by atoms with Crippen LogP contribution in [0.15, 0.2) is 57.0 Å². The number of hydrogen-bond acceptors (Lipinski definition) is 7. The maximum Gasteiger partial charge on any atom is 0.490 e. The largest absolute Gasteiger partial charge is 0.490 e. The Morgan fingerprint density at radius 1 is 1.22 bits per heavy atom. The quantitative estimate of drug-likeness (QED) is 0.447. The number of nitrogens with zero attached hydrogens (tertiary/aromatic N) is 1. The molecule has 2 aliphatic heterocycles. The number of pyridine rings is 1. The summed E-state index contributed by atoms with van der Waals surface area (Å²) in [6, 6.07) is 11.4. The Hall–Kier alpha value is -2.64. The Morgan fingerprint density at radius 3 is 2.47 bits per heavy atom. The molecule has 1 atom stereocenters. The third-order valence-corrected chi connectivity index (χ3v) is 7.22. The zero-order valence-electron chi connectivity index (χ0n) is 18.8. The molecule has 0 aliphatic carbocycles. The highest BCUT2D eigenvalue weighted by Gasteiger charge is 2.49. The van der Waals surface area contributed by atoms with Gasteiger partial charge in [0, 0.05) is 22.0 Å². The van der Waals surface area contributed by atoms with Gasteiger partial charge in [-0.2, -0.15) is 13.2 Å². The molecule has 36 heavy (non-hydrogen) atoms. The molecule has 2 aromatic rings. The summed E-state index contributed by atoms with van der Waals surface area (Å²) < 4.78 is 38.3. The zero-order chi connectivity index (χ0) is 26.3. The third-order valence-electron chi connectivity index (χ3n) is 5.66. The smallest absolute Gasteiger partial charge is 0.475 e. The summed E-state index contributed by atoms with van der Waals surface area (Å²) in [6.07, 6.45) is -1.41. The van der Waals surface area contributed by atoms with Gasteiger partial charge in [0.05, 0.1) is 17.5 Å². The predicted molar refractivity (Wildman–Crippen MR) is 128 cm³/mol. The van der Waals surface area contributed by atoms with Crippen molar-refractivity contribution in [3.63, 3.8) is 0 Å². The van der Waals surface area contributed by atoms with Gasteiger partial charge >= 0.3 is 18.1 Å². The van der Waals surface area contributed by atoms with Crippen LogP contribution >= 0.6 is 27.7 Å². The van der Waals surface area contributed by atoms with Crippen LogP contribution in [0.5, 0.6) is 0 Å². The molecule has 1 amide bonds. The lowest BCUT2D eigenvalue weighted by atomic mass is 9.76. The van der Waals surface area contributed by atoms with Gasteiger partial charge in [-0.1, -0.05) is 27.7 Å². The van der Waals surface area contributed by atoms with E-state index in [0.717, 1.165) is 35.3 Å². The summed E-state index contributed by atoms with van der Waals surface area (Å²) >= 11 is 4.87. The molecule has 1 aromatic heterocycles. The van der Waals surface area contributed by atoms with E-state index in [9.17, 15) is 22.8 Å². The highest BCUT2D eigenvalue weighted by molar-refractivity contribution is 9.10. The Balaban J connectivity index is 0.000000454. The van der Waals surface area contributed by atoms with Gasteiger partial charge in [0.25, 0.3) is 5.91 Å². The minimum Gasteiger partial charge on any atom is -0.475 e. The second-order valence-corrected chi connectivity index (χ2v) is 10.2. The molecule has 2 fully saturated rings. The first-order valence-corrected chi connectivity index (χ1v) is 12.5. The molecule has 13 heteroatoms. The van der Waals surface area contributed by atoms with Crippen LogP contribution in [0.3, 0.4) is 0 Å². The SMILES string of the molecule is O=C(NCC1CC2(CCNCC2)C(=O)O1)c1cccnc1Sc1ccc(Br)cc1.O=C(O)C(F)(F)F. The van der Waals surface area contributed by atoms with Crippen LogP contribution in [0.2, 0.25) is 0 Å². The molecule has 2 saturated heterocycles. The van der Waals surface area contributed by atoms with Crippen LogP contribution in [-0.2, 0) is 14.3 Å². The van der Waals surface area contributed by atoms with Crippen LogP contribution in [0, 0.1) is 5.41 Å². The van der Waals surface area contributed by atoms with Crippen LogP contribution in [0.1, 0.15) is 29.6 Å². The van der Waals surface area contributed by atoms with Crippen molar-refractivity contribution in [3.05, 3.63) is 52.6 Å². The molecule has 4 rings (SSSR count). The Kier molecular flexibility index (Phi) is 9.36. The van der Waals surface area contributed by atoms with E-state index in [-0.39, 0.29) is 23.4 Å². The Bertz CT molecular complexity index is 1100. The van der Waals surface area contributed by atoms with Gasteiger partial charge in [-0.05, 0) is 62.3 Å². The minimum absolute atomic E-state index is 0.119. The number of nitrogens with one attached hydrogen (secondary N) is 2. The van der Waals surface area contributed by atoms with E-state index in [0.29, 0.717) is 23.6 Å². The summed E-state index contributed by atoms with van der Waals surface area (Å²) in [6.45, 7) is 1.98. The van der Waals surface area contributed by atoms with Crippen LogP contribution in [-0.4, -0.2) is 59.9 Å². The van der Waals surface area contributed by atoms with Crippen molar-refractivity contribution < 1.29 is 37.4 Å². The fraction of sp³-hybridized carbons (Fsp3) is 0.391. The standard InChI is InChI=1S/C21H22BrN3O3S.C2HF3O2/c22-14-3-5-16(6-4-14)29-19-17(2-1-9-24-19)18(26)25-13-15-12-21(20(27)28-15)7-10-23-11-8-21;3-2(4,5)1(6)7/h1-6,9,15,23H,7-8,10-13H2,(H,25,26);(H,6,7). The number of esters is 1. The first kappa shape index (κ1) is 27.9. The molecule has 194 valence electrons. The number of rotatable bonds is 5. The molecule has 8 nitrogen and oxygen atoms in total. The van der Waals surface area contributed by atoms with Crippen LogP contribution in [0.4, 0.5) is 13.2 Å². The number of hydrogen-bond donors (Lipinski definition) is 3. The topological polar surface area (TPSA) is 118 Å². The number of amides is 1. The minimum atomic E-state index is -5.08. The fourth-order valence-corrected chi connectivity index (χ4v) is 4.97.